The van der Waals surface area contributed by atoms with E-state index in [-0.39, 0.29) is 11.7 Å². The molecule has 0 aliphatic carbocycles. The number of furan rings is 1. The van der Waals surface area contributed by atoms with Crippen molar-refractivity contribution in [1.29, 1.82) is 0 Å². The zero-order chi connectivity index (χ0) is 18.5. The Kier molecular flexibility index (Phi) is 6.51. The Bertz CT molecular complexity index is 785. The van der Waals surface area contributed by atoms with Crippen molar-refractivity contribution < 1.29 is 13.4 Å². The summed E-state index contributed by atoms with van der Waals surface area (Å²) in [6.07, 6.45) is 1.12. The average molecular weight is 395 g/mol. The molecule has 1 aliphatic heterocycles. The maximum atomic E-state index is 12.6. The van der Waals surface area contributed by atoms with Gasteiger partial charge in [0.05, 0.1) is 26.5 Å². The van der Waals surface area contributed by atoms with Crippen LogP contribution in [0.4, 0.5) is 0 Å². The highest BCUT2D eigenvalue weighted by molar-refractivity contribution is 7.84. The van der Waals surface area contributed by atoms with Crippen LogP contribution in [0.5, 0.6) is 0 Å². The molecule has 1 amide bonds. The lowest BCUT2D eigenvalue weighted by molar-refractivity contribution is 0.0605. The third-order valence-corrected chi connectivity index (χ3v) is 6.26. The Balaban J connectivity index is 1.60. The topological polar surface area (TPSA) is 53.8 Å². The molecule has 0 unspecified atom stereocenters. The van der Waals surface area contributed by atoms with E-state index in [0.717, 1.165) is 26.1 Å². The molecule has 140 valence electrons. The van der Waals surface area contributed by atoms with Crippen LogP contribution in [0.15, 0.2) is 45.7 Å². The molecule has 1 aliphatic rings. The molecule has 0 N–H and O–H groups in total. The molecule has 7 heteroatoms. The van der Waals surface area contributed by atoms with Gasteiger partial charge >= 0.3 is 0 Å². The van der Waals surface area contributed by atoms with Crippen LogP contribution in [-0.2, 0) is 16.6 Å². The summed E-state index contributed by atoms with van der Waals surface area (Å²) >= 11 is 6.09. The molecule has 1 aromatic carbocycles. The largest absolute Gasteiger partial charge is 0.455 e. The number of halogens is 1. The molecular formula is C19H23ClN2O3S. The summed E-state index contributed by atoms with van der Waals surface area (Å²) in [6.45, 7) is 6.43. The van der Waals surface area contributed by atoms with E-state index >= 15 is 0 Å². The number of carbonyl (C=O) groups is 1. The quantitative estimate of drug-likeness (QED) is 0.753. The van der Waals surface area contributed by atoms with Crippen molar-refractivity contribution in [3.8, 4) is 0 Å². The Morgan fingerprint density at radius 3 is 2.58 bits per heavy atom. The first-order valence-corrected chi connectivity index (χ1v) is 10.5. The first-order chi connectivity index (χ1) is 12.6. The Morgan fingerprint density at radius 1 is 1.15 bits per heavy atom. The average Bonchev–Trinajstić information content (AvgIpc) is 3.11. The summed E-state index contributed by atoms with van der Waals surface area (Å²) in [5, 5.41) is 0.471. The second-order valence-electron chi connectivity index (χ2n) is 6.32. The van der Waals surface area contributed by atoms with Crippen LogP contribution in [0, 0.1) is 0 Å². The number of hydrogen-bond donors (Lipinski definition) is 0. The Morgan fingerprint density at radius 2 is 1.88 bits per heavy atom. The van der Waals surface area contributed by atoms with Crippen LogP contribution in [0.3, 0.4) is 0 Å². The molecule has 1 fully saturated rings. The number of carbonyl (C=O) groups excluding carboxylic acids is 1. The third-order valence-electron chi connectivity index (χ3n) is 4.43. The van der Waals surface area contributed by atoms with Crippen molar-refractivity contribution in [3.05, 3.63) is 52.9 Å². The molecule has 26 heavy (non-hydrogen) atoms. The van der Waals surface area contributed by atoms with Crippen LogP contribution in [-0.4, -0.2) is 52.6 Å². The highest BCUT2D eigenvalue weighted by Crippen LogP contribution is 2.22. The van der Waals surface area contributed by atoms with Crippen molar-refractivity contribution in [1.82, 2.24) is 9.80 Å². The van der Waals surface area contributed by atoms with Gasteiger partial charge in [-0.1, -0.05) is 30.7 Å². The number of benzene rings is 1. The van der Waals surface area contributed by atoms with Crippen LogP contribution < -0.4 is 0 Å². The van der Waals surface area contributed by atoms with Crippen LogP contribution in [0.1, 0.15) is 29.7 Å². The van der Waals surface area contributed by atoms with E-state index in [2.05, 4.69) is 11.8 Å². The third kappa shape index (κ3) is 4.55. The van der Waals surface area contributed by atoms with E-state index < -0.39 is 10.8 Å². The number of rotatable bonds is 6. The van der Waals surface area contributed by atoms with E-state index in [1.54, 1.807) is 36.4 Å². The lowest BCUT2D eigenvalue weighted by Gasteiger charge is -2.34. The summed E-state index contributed by atoms with van der Waals surface area (Å²) < 4.78 is 18.1. The minimum atomic E-state index is -1.31. The summed E-state index contributed by atoms with van der Waals surface area (Å²) in [7, 11) is -1.31. The van der Waals surface area contributed by atoms with Gasteiger partial charge in [0.1, 0.15) is 5.76 Å². The zero-order valence-electron chi connectivity index (χ0n) is 14.8. The first kappa shape index (κ1) is 19.1. The van der Waals surface area contributed by atoms with Gasteiger partial charge in [-0.25, -0.2) is 0 Å². The number of nitrogens with zero attached hydrogens (tertiary/aromatic N) is 2. The summed E-state index contributed by atoms with van der Waals surface area (Å²) in [5.74, 6) is 0.925. The van der Waals surface area contributed by atoms with Crippen molar-refractivity contribution in [2.75, 3.05) is 32.7 Å². The molecule has 1 saturated heterocycles. The van der Waals surface area contributed by atoms with Crippen molar-refractivity contribution >= 4 is 28.3 Å². The lowest BCUT2D eigenvalue weighted by atomic mass is 10.2. The maximum absolute atomic E-state index is 12.6. The molecule has 1 atom stereocenters. The number of hydrogen-bond acceptors (Lipinski definition) is 4. The fourth-order valence-corrected chi connectivity index (χ4v) is 4.53. The molecule has 1 aromatic heterocycles. The minimum Gasteiger partial charge on any atom is -0.455 e. The van der Waals surface area contributed by atoms with Crippen molar-refractivity contribution in [2.45, 2.75) is 24.0 Å². The van der Waals surface area contributed by atoms with Gasteiger partial charge in [-0.05, 0) is 37.2 Å². The Labute approximate surface area is 161 Å². The van der Waals surface area contributed by atoms with Gasteiger partial charge in [-0.3, -0.25) is 13.9 Å². The molecule has 3 rings (SSSR count). The highest BCUT2D eigenvalue weighted by atomic mass is 35.5. The smallest absolute Gasteiger partial charge is 0.289 e. The van der Waals surface area contributed by atoms with E-state index in [1.807, 2.05) is 4.90 Å². The number of amides is 1. The molecule has 0 saturated carbocycles. The van der Waals surface area contributed by atoms with Gasteiger partial charge < -0.3 is 9.32 Å². The predicted molar refractivity (Wildman–Crippen MR) is 103 cm³/mol. The van der Waals surface area contributed by atoms with Crippen LogP contribution in [0.25, 0.3) is 0 Å². The zero-order valence-corrected chi connectivity index (χ0v) is 16.4. The summed E-state index contributed by atoms with van der Waals surface area (Å²) in [5.41, 5.74) is 0. The first-order valence-electron chi connectivity index (χ1n) is 8.81. The second-order valence-corrected chi connectivity index (χ2v) is 8.15. The number of piperazine rings is 1. The Hall–Kier alpha value is -1.63. The SMILES string of the molecule is CCCN1CCN(C(=O)c2ccc(C[S@@](=O)c3ccccc3Cl)o2)CC1. The van der Waals surface area contributed by atoms with Crippen molar-refractivity contribution in [2.24, 2.45) is 0 Å². The normalized spacial score (nSPS) is 16.6. The van der Waals surface area contributed by atoms with Gasteiger partial charge in [0.15, 0.2) is 5.76 Å². The van der Waals surface area contributed by atoms with Gasteiger partial charge in [0.2, 0.25) is 0 Å². The molecule has 5 nitrogen and oxygen atoms in total. The summed E-state index contributed by atoms with van der Waals surface area (Å²) in [6, 6.07) is 10.4. The highest BCUT2D eigenvalue weighted by Gasteiger charge is 2.24. The molecule has 0 bridgehead atoms. The van der Waals surface area contributed by atoms with E-state index in [9.17, 15) is 9.00 Å². The molecule has 2 heterocycles. The van der Waals surface area contributed by atoms with E-state index in [0.29, 0.717) is 34.5 Å². The van der Waals surface area contributed by atoms with E-state index in [4.69, 9.17) is 16.0 Å². The molecule has 0 radical (unpaired) electrons. The second kappa shape index (κ2) is 8.84. The molecular weight excluding hydrogens is 372 g/mol. The van der Waals surface area contributed by atoms with Crippen molar-refractivity contribution in [3.63, 3.8) is 0 Å². The minimum absolute atomic E-state index is 0.101. The molecule has 2 aromatic rings. The van der Waals surface area contributed by atoms with Gasteiger partial charge in [0.25, 0.3) is 5.91 Å². The lowest BCUT2D eigenvalue weighted by Crippen LogP contribution is -2.48. The van der Waals surface area contributed by atoms with Crippen LogP contribution in [0.2, 0.25) is 5.02 Å². The van der Waals surface area contributed by atoms with E-state index in [1.165, 1.54) is 0 Å². The van der Waals surface area contributed by atoms with Gasteiger partial charge in [-0.2, -0.15) is 0 Å². The standard InChI is InChI=1S/C19H23ClN2O3S/c1-2-9-21-10-12-22(13-11-21)19(23)17-8-7-15(25-17)14-26(24)18-6-4-3-5-16(18)20/h3-8H,2,9-14H2,1H3/t26-/m1/s1. The fraction of sp³-hybridized carbons (Fsp3) is 0.421. The monoisotopic (exact) mass is 394 g/mol. The molecule has 0 spiro atoms. The van der Waals surface area contributed by atoms with Gasteiger partial charge in [-0.15, -0.1) is 0 Å². The van der Waals surface area contributed by atoms with Crippen LogP contribution >= 0.6 is 11.6 Å². The maximum Gasteiger partial charge on any atom is 0.289 e. The van der Waals surface area contributed by atoms with Gasteiger partial charge in [0, 0.05) is 26.2 Å². The summed E-state index contributed by atoms with van der Waals surface area (Å²) in [4.78, 5) is 17.4. The predicted octanol–water partition coefficient (Wildman–Crippen LogP) is 3.41. The fourth-order valence-electron chi connectivity index (χ4n) is 3.05.